The Labute approximate surface area is 204 Å². The van der Waals surface area contributed by atoms with Crippen LogP contribution in [0.3, 0.4) is 0 Å². The van der Waals surface area contributed by atoms with E-state index >= 15 is 0 Å². The quantitative estimate of drug-likeness (QED) is 0.0909. The molecule has 0 fully saturated rings. The van der Waals surface area contributed by atoms with Gasteiger partial charge in [-0.25, -0.2) is 4.79 Å². The van der Waals surface area contributed by atoms with E-state index in [9.17, 15) is 38.7 Å². The van der Waals surface area contributed by atoms with Gasteiger partial charge in [-0.15, -0.1) is 0 Å². The Morgan fingerprint density at radius 2 is 1.23 bits per heavy atom. The van der Waals surface area contributed by atoms with Gasteiger partial charge in [0.15, 0.2) is 0 Å². The van der Waals surface area contributed by atoms with Gasteiger partial charge in [0.05, 0.1) is 12.5 Å². The van der Waals surface area contributed by atoms with E-state index < -0.39 is 85.0 Å². The molecule has 0 aromatic rings. The van der Waals surface area contributed by atoms with Crippen LogP contribution in [0.1, 0.15) is 38.5 Å². The number of carboxylic acids is 3. The molecule has 0 rings (SSSR count). The second kappa shape index (κ2) is 16.3. The van der Waals surface area contributed by atoms with Crippen LogP contribution in [0.25, 0.3) is 0 Å². The molecule has 0 heterocycles. The van der Waals surface area contributed by atoms with Crippen molar-refractivity contribution in [2.24, 2.45) is 11.5 Å². The first-order valence-electron chi connectivity index (χ1n) is 10.4. The van der Waals surface area contributed by atoms with Crippen molar-refractivity contribution in [1.82, 2.24) is 16.0 Å². The lowest BCUT2D eigenvalue weighted by Gasteiger charge is -2.24. The summed E-state index contributed by atoms with van der Waals surface area (Å²) in [4.78, 5) is 82.0. The van der Waals surface area contributed by atoms with Gasteiger partial charge in [0, 0.05) is 12.8 Å². The molecule has 16 heteroatoms. The number of amides is 4. The van der Waals surface area contributed by atoms with E-state index in [0.717, 1.165) is 0 Å². The third-order valence-corrected chi connectivity index (χ3v) is 5.19. The van der Waals surface area contributed by atoms with E-state index in [1.807, 2.05) is 0 Å². The predicted octanol–water partition coefficient (Wildman–Crippen LogP) is -2.79. The van der Waals surface area contributed by atoms with Crippen molar-refractivity contribution in [2.75, 3.05) is 12.0 Å². The summed E-state index contributed by atoms with van der Waals surface area (Å²) in [5, 5.41) is 33.7. The highest BCUT2D eigenvalue weighted by molar-refractivity contribution is 7.98. The number of hydrogen-bond donors (Lipinski definition) is 8. The van der Waals surface area contributed by atoms with Crippen LogP contribution < -0.4 is 27.4 Å². The Balaban J connectivity index is 5.61. The minimum absolute atomic E-state index is 0.0700. The van der Waals surface area contributed by atoms with Gasteiger partial charge in [-0.05, 0) is 31.3 Å². The Morgan fingerprint density at radius 1 is 0.743 bits per heavy atom. The fraction of sp³-hybridized carbons (Fsp3) is 0.632. The molecular formula is C19H31N5O10S. The Hall–Kier alpha value is -3.40. The molecule has 35 heavy (non-hydrogen) atoms. The van der Waals surface area contributed by atoms with Gasteiger partial charge in [0.25, 0.3) is 0 Å². The van der Waals surface area contributed by atoms with Gasteiger partial charge in [0.2, 0.25) is 23.6 Å². The van der Waals surface area contributed by atoms with Crippen LogP contribution in [0.2, 0.25) is 0 Å². The monoisotopic (exact) mass is 521 g/mol. The second-order valence-corrected chi connectivity index (χ2v) is 8.43. The highest BCUT2D eigenvalue weighted by atomic mass is 32.2. The number of carboxylic acid groups (broad SMARTS) is 3. The van der Waals surface area contributed by atoms with Crippen molar-refractivity contribution in [3.63, 3.8) is 0 Å². The first-order valence-corrected chi connectivity index (χ1v) is 11.8. The van der Waals surface area contributed by atoms with Crippen LogP contribution in [-0.2, 0) is 33.6 Å². The summed E-state index contributed by atoms with van der Waals surface area (Å²) in [5.41, 5.74) is 10.6. The zero-order valence-electron chi connectivity index (χ0n) is 19.0. The number of hydrogen-bond acceptors (Lipinski definition) is 9. The topological polar surface area (TPSA) is 268 Å². The van der Waals surface area contributed by atoms with Gasteiger partial charge in [-0.2, -0.15) is 11.8 Å². The summed E-state index contributed by atoms with van der Waals surface area (Å²) in [6.45, 7) is 0. The van der Waals surface area contributed by atoms with Crippen LogP contribution in [0.15, 0.2) is 0 Å². The van der Waals surface area contributed by atoms with Crippen molar-refractivity contribution in [2.45, 2.75) is 62.7 Å². The number of aliphatic carboxylic acids is 3. The molecule has 198 valence electrons. The number of primary amides is 1. The first-order chi connectivity index (χ1) is 16.3. The molecule has 0 aliphatic carbocycles. The lowest BCUT2D eigenvalue weighted by Crippen LogP contribution is -2.57. The minimum Gasteiger partial charge on any atom is -0.481 e. The van der Waals surface area contributed by atoms with Gasteiger partial charge in [-0.1, -0.05) is 0 Å². The van der Waals surface area contributed by atoms with E-state index in [0.29, 0.717) is 5.75 Å². The van der Waals surface area contributed by atoms with Crippen molar-refractivity contribution in [3.8, 4) is 0 Å². The van der Waals surface area contributed by atoms with E-state index in [-0.39, 0.29) is 19.3 Å². The molecule has 0 aromatic carbocycles. The molecule has 0 spiro atoms. The molecule has 0 aromatic heterocycles. The molecule has 0 radical (unpaired) electrons. The van der Waals surface area contributed by atoms with Crippen LogP contribution in [0.5, 0.6) is 0 Å². The average molecular weight is 522 g/mol. The molecule has 0 saturated heterocycles. The molecule has 4 atom stereocenters. The lowest BCUT2D eigenvalue weighted by molar-refractivity contribution is -0.143. The summed E-state index contributed by atoms with van der Waals surface area (Å²) in [6, 6.07) is -5.77. The summed E-state index contributed by atoms with van der Waals surface area (Å²) < 4.78 is 0. The van der Waals surface area contributed by atoms with Crippen molar-refractivity contribution in [3.05, 3.63) is 0 Å². The number of carbonyl (C=O) groups excluding carboxylic acids is 4. The third kappa shape index (κ3) is 13.8. The highest BCUT2D eigenvalue weighted by Crippen LogP contribution is 2.06. The maximum absolute atomic E-state index is 12.8. The highest BCUT2D eigenvalue weighted by Gasteiger charge is 2.31. The molecule has 10 N–H and O–H groups in total. The average Bonchev–Trinajstić information content (AvgIpc) is 2.75. The zero-order valence-corrected chi connectivity index (χ0v) is 19.8. The molecule has 15 nitrogen and oxygen atoms in total. The fourth-order valence-corrected chi connectivity index (χ4v) is 3.16. The Bertz CT molecular complexity index is 809. The molecule has 4 unspecified atom stereocenters. The number of thioether (sulfide) groups is 1. The number of nitrogens with one attached hydrogen (secondary N) is 3. The van der Waals surface area contributed by atoms with Crippen LogP contribution in [-0.4, -0.2) is 93.0 Å². The third-order valence-electron chi connectivity index (χ3n) is 4.55. The molecule has 0 aliphatic heterocycles. The summed E-state index contributed by atoms with van der Waals surface area (Å²) in [5.74, 6) is -7.38. The molecular weight excluding hydrogens is 490 g/mol. The Kier molecular flexibility index (Phi) is 14.7. The van der Waals surface area contributed by atoms with Gasteiger partial charge in [-0.3, -0.25) is 28.8 Å². The standard InChI is InChI=1S/C19H31N5O10S/c1-35-7-6-12(19(33)34)24-18(32)11(3-5-14(26)27)23-17(31)10(2-4-13(21)25)22-16(30)9(20)8-15(28)29/h9-12H,2-8,20H2,1H3,(H2,21,25)(H,22,30)(H,23,31)(H,24,32)(H,26,27)(H,28,29)(H,33,34). The maximum Gasteiger partial charge on any atom is 0.326 e. The van der Waals surface area contributed by atoms with Crippen molar-refractivity contribution < 1.29 is 48.9 Å². The summed E-state index contributed by atoms with van der Waals surface area (Å²) in [6.07, 6.45) is -0.592. The van der Waals surface area contributed by atoms with Crippen LogP contribution in [0, 0.1) is 0 Å². The second-order valence-electron chi connectivity index (χ2n) is 7.44. The van der Waals surface area contributed by atoms with Crippen molar-refractivity contribution >= 4 is 53.3 Å². The number of rotatable bonds is 18. The van der Waals surface area contributed by atoms with Gasteiger partial charge < -0.3 is 42.7 Å². The summed E-state index contributed by atoms with van der Waals surface area (Å²) >= 11 is 1.34. The Morgan fingerprint density at radius 3 is 1.66 bits per heavy atom. The molecule has 4 amide bonds. The van der Waals surface area contributed by atoms with Crippen molar-refractivity contribution in [1.29, 1.82) is 0 Å². The first kappa shape index (κ1) is 31.6. The fourth-order valence-electron chi connectivity index (χ4n) is 2.69. The van der Waals surface area contributed by atoms with E-state index in [1.54, 1.807) is 6.26 Å². The lowest BCUT2D eigenvalue weighted by atomic mass is 10.1. The van der Waals surface area contributed by atoms with E-state index in [2.05, 4.69) is 16.0 Å². The molecule has 0 bridgehead atoms. The number of carbonyl (C=O) groups is 7. The van der Waals surface area contributed by atoms with Gasteiger partial charge in [0.1, 0.15) is 18.1 Å². The SMILES string of the molecule is CSCCC(NC(=O)C(CCC(=O)O)NC(=O)C(CCC(N)=O)NC(=O)C(N)CC(=O)O)C(=O)O. The van der Waals surface area contributed by atoms with Crippen LogP contribution >= 0.6 is 11.8 Å². The van der Waals surface area contributed by atoms with E-state index in [1.165, 1.54) is 11.8 Å². The van der Waals surface area contributed by atoms with Gasteiger partial charge >= 0.3 is 17.9 Å². The van der Waals surface area contributed by atoms with E-state index in [4.69, 9.17) is 21.7 Å². The normalized spacial score (nSPS) is 14.0. The largest absolute Gasteiger partial charge is 0.481 e. The smallest absolute Gasteiger partial charge is 0.326 e. The molecule has 0 aliphatic rings. The minimum atomic E-state index is -1.52. The zero-order chi connectivity index (χ0) is 27.1. The number of nitrogens with two attached hydrogens (primary N) is 2. The summed E-state index contributed by atoms with van der Waals surface area (Å²) in [7, 11) is 0. The maximum atomic E-state index is 12.8. The molecule has 0 saturated carbocycles. The predicted molar refractivity (Wildman–Crippen MR) is 122 cm³/mol. The van der Waals surface area contributed by atoms with Crippen LogP contribution in [0.4, 0.5) is 0 Å².